The zero-order valence-electron chi connectivity index (χ0n) is 4.64. The van der Waals surface area contributed by atoms with Crippen molar-refractivity contribution in [2.24, 2.45) is 5.92 Å². The second kappa shape index (κ2) is 3.65. The molecule has 2 heteroatoms. The first-order chi connectivity index (χ1) is 3.27. The van der Waals surface area contributed by atoms with Crippen molar-refractivity contribution in [2.45, 2.75) is 13.8 Å². The van der Waals surface area contributed by atoms with E-state index in [9.17, 15) is 4.79 Å². The Hall–Kier alpha value is -0.530. The number of hydrogen-bond acceptors (Lipinski definition) is 1. The Labute approximate surface area is 43.9 Å². The Balaban J connectivity index is 2.81. The summed E-state index contributed by atoms with van der Waals surface area (Å²) in [6.07, 6.45) is 0.667. The molecule has 0 aromatic carbocycles. The first-order valence-corrected chi connectivity index (χ1v) is 2.30. The van der Waals surface area contributed by atoms with Gasteiger partial charge in [0, 0.05) is 0 Å². The van der Waals surface area contributed by atoms with Crippen LogP contribution in [0.4, 0.5) is 0 Å². The van der Waals surface area contributed by atoms with Crippen molar-refractivity contribution in [2.75, 3.05) is 0 Å². The predicted octanol–water partition coefficient (Wildman–Crippen LogP) is 0.550. The molecule has 1 amide bonds. The molecule has 0 atom stereocenters. The summed E-state index contributed by atoms with van der Waals surface area (Å²) in [5.41, 5.74) is 0. The number of hydrogen-bond donors (Lipinski definition) is 1. The summed E-state index contributed by atoms with van der Waals surface area (Å²) in [6.45, 7) is 5.72. The number of rotatable bonds is 3. The van der Waals surface area contributed by atoms with Crippen LogP contribution >= 0.6 is 0 Å². The fourth-order valence-corrected chi connectivity index (χ4v) is 0.232. The minimum Gasteiger partial charge on any atom is -0.354 e. The molecule has 0 saturated carbocycles. The van der Waals surface area contributed by atoms with Gasteiger partial charge in [-0.3, -0.25) is 4.79 Å². The molecular weight excluding hydrogens is 90.1 g/mol. The highest BCUT2D eigenvalue weighted by atomic mass is 16.1. The molecule has 0 fully saturated rings. The van der Waals surface area contributed by atoms with E-state index in [2.05, 4.69) is 5.32 Å². The van der Waals surface area contributed by atoms with Crippen molar-refractivity contribution in [3.05, 3.63) is 6.54 Å². The van der Waals surface area contributed by atoms with Crippen molar-refractivity contribution in [1.82, 2.24) is 5.32 Å². The van der Waals surface area contributed by atoms with Crippen LogP contribution in [0.25, 0.3) is 0 Å². The van der Waals surface area contributed by atoms with Crippen LogP contribution in [0.1, 0.15) is 13.8 Å². The van der Waals surface area contributed by atoms with E-state index in [-0.39, 0.29) is 0 Å². The molecule has 2 nitrogen and oxygen atoms in total. The van der Waals surface area contributed by atoms with E-state index in [4.69, 9.17) is 0 Å². The lowest BCUT2D eigenvalue weighted by Gasteiger charge is -1.97. The van der Waals surface area contributed by atoms with Crippen molar-refractivity contribution in [3.8, 4) is 0 Å². The van der Waals surface area contributed by atoms with E-state index in [1.807, 2.05) is 13.8 Å². The van der Waals surface area contributed by atoms with E-state index < -0.39 is 0 Å². The summed E-state index contributed by atoms with van der Waals surface area (Å²) in [5, 5.41) is 2.44. The van der Waals surface area contributed by atoms with Gasteiger partial charge in [0.15, 0.2) is 0 Å². The average molecular weight is 100 g/mol. The summed E-state index contributed by atoms with van der Waals surface area (Å²) in [6, 6.07) is 0. The van der Waals surface area contributed by atoms with Crippen LogP contribution in [-0.2, 0) is 4.79 Å². The maximum Gasteiger partial charge on any atom is 0.207 e. The minimum absolute atomic E-state index is 0.435. The smallest absolute Gasteiger partial charge is 0.207 e. The van der Waals surface area contributed by atoms with Gasteiger partial charge >= 0.3 is 0 Å². The van der Waals surface area contributed by atoms with Gasteiger partial charge in [-0.1, -0.05) is 13.8 Å². The molecule has 0 bridgehead atoms. The SMILES string of the molecule is CC(C)[CH]NC=O. The summed E-state index contributed by atoms with van der Waals surface area (Å²) >= 11 is 0. The van der Waals surface area contributed by atoms with Gasteiger partial charge in [0.25, 0.3) is 0 Å². The Morgan fingerprint density at radius 2 is 2.14 bits per heavy atom. The van der Waals surface area contributed by atoms with Gasteiger partial charge < -0.3 is 5.32 Å². The number of carbonyl (C=O) groups is 1. The van der Waals surface area contributed by atoms with E-state index in [0.29, 0.717) is 12.3 Å². The van der Waals surface area contributed by atoms with Crippen molar-refractivity contribution < 1.29 is 4.79 Å². The zero-order valence-corrected chi connectivity index (χ0v) is 4.64. The summed E-state index contributed by atoms with van der Waals surface area (Å²) in [4.78, 5) is 9.57. The number of carbonyl (C=O) groups excluding carboxylic acids is 1. The Bertz CT molecular complexity index is 52.0. The number of amides is 1. The van der Waals surface area contributed by atoms with Crippen molar-refractivity contribution >= 4 is 6.41 Å². The van der Waals surface area contributed by atoms with Gasteiger partial charge in [-0.25, -0.2) is 0 Å². The Kier molecular flexibility index (Phi) is 3.38. The second-order valence-corrected chi connectivity index (χ2v) is 1.70. The normalized spacial score (nSPS) is 9.00. The van der Waals surface area contributed by atoms with Gasteiger partial charge in [-0.2, -0.15) is 0 Å². The molecule has 0 aliphatic rings. The van der Waals surface area contributed by atoms with Crippen molar-refractivity contribution in [1.29, 1.82) is 0 Å². The van der Waals surface area contributed by atoms with E-state index >= 15 is 0 Å². The predicted molar refractivity (Wildman–Crippen MR) is 28.3 cm³/mol. The molecular formula is C5H10NO. The second-order valence-electron chi connectivity index (χ2n) is 1.70. The number of nitrogens with one attached hydrogen (secondary N) is 1. The molecule has 41 valence electrons. The third kappa shape index (κ3) is 5.47. The van der Waals surface area contributed by atoms with Crippen LogP contribution < -0.4 is 5.32 Å². The van der Waals surface area contributed by atoms with Crippen LogP contribution in [0.15, 0.2) is 0 Å². The molecule has 1 radical (unpaired) electrons. The van der Waals surface area contributed by atoms with E-state index in [0.717, 1.165) is 0 Å². The van der Waals surface area contributed by atoms with Gasteiger partial charge in [-0.05, 0) is 5.92 Å². The topological polar surface area (TPSA) is 29.1 Å². The molecule has 0 heterocycles. The highest BCUT2D eigenvalue weighted by molar-refractivity contribution is 5.47. The van der Waals surface area contributed by atoms with Crippen LogP contribution in [-0.4, -0.2) is 6.41 Å². The lowest BCUT2D eigenvalue weighted by molar-refractivity contribution is -0.109. The molecule has 0 unspecified atom stereocenters. The van der Waals surface area contributed by atoms with Crippen LogP contribution in [0.5, 0.6) is 0 Å². The molecule has 0 aromatic heterocycles. The van der Waals surface area contributed by atoms with Gasteiger partial charge in [0.1, 0.15) is 0 Å². The molecule has 0 saturated heterocycles. The fraction of sp³-hybridized carbons (Fsp3) is 0.600. The highest BCUT2D eigenvalue weighted by Gasteiger charge is 1.87. The maximum atomic E-state index is 9.57. The minimum atomic E-state index is 0.435. The van der Waals surface area contributed by atoms with Crippen LogP contribution in [0.2, 0.25) is 0 Å². The summed E-state index contributed by atoms with van der Waals surface area (Å²) in [7, 11) is 0. The van der Waals surface area contributed by atoms with Gasteiger partial charge in [-0.15, -0.1) is 0 Å². The third-order valence-electron chi connectivity index (χ3n) is 0.498. The lowest BCUT2D eigenvalue weighted by atomic mass is 10.2. The lowest BCUT2D eigenvalue weighted by Crippen LogP contribution is -2.09. The monoisotopic (exact) mass is 100 g/mol. The molecule has 0 spiro atoms. The fourth-order valence-electron chi connectivity index (χ4n) is 0.232. The first-order valence-electron chi connectivity index (χ1n) is 2.30. The van der Waals surface area contributed by atoms with Gasteiger partial charge in [0.05, 0.1) is 6.54 Å². The molecule has 0 aliphatic carbocycles. The highest BCUT2D eigenvalue weighted by Crippen LogP contribution is 1.90. The Morgan fingerprint density at radius 1 is 1.57 bits per heavy atom. The van der Waals surface area contributed by atoms with Crippen molar-refractivity contribution in [3.63, 3.8) is 0 Å². The first kappa shape index (κ1) is 6.47. The van der Waals surface area contributed by atoms with Gasteiger partial charge in [0.2, 0.25) is 6.41 Å². The van der Waals surface area contributed by atoms with E-state index in [1.165, 1.54) is 0 Å². The summed E-state index contributed by atoms with van der Waals surface area (Å²) < 4.78 is 0. The molecule has 0 rings (SSSR count). The molecule has 0 aromatic rings. The Morgan fingerprint density at radius 3 is 2.29 bits per heavy atom. The molecule has 0 aliphatic heterocycles. The maximum absolute atomic E-state index is 9.57. The quantitative estimate of drug-likeness (QED) is 0.515. The molecule has 1 N–H and O–H groups in total. The third-order valence-corrected chi connectivity index (χ3v) is 0.498. The van der Waals surface area contributed by atoms with Crippen LogP contribution in [0, 0.1) is 12.5 Å². The molecule has 7 heavy (non-hydrogen) atoms. The largest absolute Gasteiger partial charge is 0.354 e. The zero-order chi connectivity index (χ0) is 5.70. The van der Waals surface area contributed by atoms with Crippen LogP contribution in [0.3, 0.4) is 0 Å². The average Bonchev–Trinajstić information content (AvgIpc) is 1.61. The summed E-state index contributed by atoms with van der Waals surface area (Å²) in [5.74, 6) is 0.435. The van der Waals surface area contributed by atoms with E-state index in [1.54, 1.807) is 6.54 Å². The standard InChI is InChI=1S/C5H10NO/c1-5(2)3-6-4-7/h3-5H,1-2H3,(H,6,7).